The van der Waals surface area contributed by atoms with Crippen LogP contribution in [0.25, 0.3) is 0 Å². The molecule has 158 valence electrons. The smallest absolute Gasteiger partial charge is 0.259 e. The fourth-order valence-corrected chi connectivity index (χ4v) is 4.15. The molecule has 1 aliphatic heterocycles. The van der Waals surface area contributed by atoms with E-state index in [0.29, 0.717) is 25.6 Å². The third-order valence-electron chi connectivity index (χ3n) is 4.29. The number of sulfonamides is 1. The molecule has 0 spiro atoms. The van der Waals surface area contributed by atoms with Gasteiger partial charge in [0.25, 0.3) is 5.91 Å². The lowest BCUT2D eigenvalue weighted by atomic mass is 10.1. The van der Waals surface area contributed by atoms with Gasteiger partial charge in [-0.1, -0.05) is 0 Å². The summed E-state index contributed by atoms with van der Waals surface area (Å²) in [5, 5.41) is 5.35. The molecule has 2 aromatic carbocycles. The van der Waals surface area contributed by atoms with Gasteiger partial charge in [-0.3, -0.25) is 4.79 Å². The Balaban J connectivity index is 0.00000300. The number of hydrogen-bond donors (Lipinski definition) is 3. The predicted octanol–water partition coefficient (Wildman–Crippen LogP) is 1.98. The van der Waals surface area contributed by atoms with Crippen molar-refractivity contribution in [3.05, 3.63) is 53.6 Å². The highest BCUT2D eigenvalue weighted by Gasteiger charge is 2.25. The van der Waals surface area contributed by atoms with Crippen LogP contribution in [0.1, 0.15) is 16.8 Å². The van der Waals surface area contributed by atoms with Gasteiger partial charge in [-0.25, -0.2) is 21.9 Å². The van der Waals surface area contributed by atoms with Crippen LogP contribution < -0.4 is 20.1 Å². The topological polar surface area (TPSA) is 96.5 Å². The number of anilines is 1. The van der Waals surface area contributed by atoms with E-state index in [1.807, 2.05) is 0 Å². The predicted molar refractivity (Wildman–Crippen MR) is 109 cm³/mol. The summed E-state index contributed by atoms with van der Waals surface area (Å²) in [4.78, 5) is 12.5. The van der Waals surface area contributed by atoms with Gasteiger partial charge in [0.05, 0.1) is 23.3 Å². The largest absolute Gasteiger partial charge is 0.496 e. The fraction of sp³-hybridized carbons (Fsp3) is 0.278. The van der Waals surface area contributed by atoms with Crippen LogP contribution >= 0.6 is 13.5 Å². The van der Waals surface area contributed by atoms with E-state index in [-0.39, 0.29) is 41.4 Å². The summed E-state index contributed by atoms with van der Waals surface area (Å²) in [7, 11) is -2.54. The number of carbonyl (C=O) groups is 1. The Bertz CT molecular complexity index is 997. The van der Waals surface area contributed by atoms with Crippen LogP contribution in [-0.2, 0) is 10.0 Å². The highest BCUT2D eigenvalue weighted by atomic mass is 32.2. The van der Waals surface area contributed by atoms with Crippen molar-refractivity contribution >= 4 is 35.1 Å². The van der Waals surface area contributed by atoms with E-state index in [0.717, 1.165) is 18.2 Å². The van der Waals surface area contributed by atoms with Crippen LogP contribution in [0.5, 0.6) is 5.75 Å². The van der Waals surface area contributed by atoms with Crippen LogP contribution in [0.4, 0.5) is 14.5 Å². The van der Waals surface area contributed by atoms with Crippen molar-refractivity contribution in [1.29, 1.82) is 0 Å². The molecule has 0 aliphatic carbocycles. The molecule has 1 amide bonds. The van der Waals surface area contributed by atoms with Gasteiger partial charge in [-0.15, -0.1) is 0 Å². The second-order valence-corrected chi connectivity index (χ2v) is 7.97. The number of benzene rings is 2. The van der Waals surface area contributed by atoms with Gasteiger partial charge >= 0.3 is 0 Å². The lowest BCUT2D eigenvalue weighted by Gasteiger charge is -2.15. The first-order valence-electron chi connectivity index (χ1n) is 8.47. The van der Waals surface area contributed by atoms with E-state index in [1.54, 1.807) is 0 Å². The molecular weight excluding hydrogens is 424 g/mol. The minimum atomic E-state index is -3.86. The molecule has 1 aliphatic rings. The van der Waals surface area contributed by atoms with Gasteiger partial charge in [0.2, 0.25) is 10.0 Å². The summed E-state index contributed by atoms with van der Waals surface area (Å²) in [6.45, 7) is 1.24. The summed E-state index contributed by atoms with van der Waals surface area (Å²) in [6.07, 6.45) is 0.659. The van der Waals surface area contributed by atoms with Crippen molar-refractivity contribution < 1.29 is 26.7 Å². The molecule has 1 fully saturated rings. The molecule has 3 rings (SSSR count). The Kier molecular flexibility index (Phi) is 7.58. The summed E-state index contributed by atoms with van der Waals surface area (Å²) in [5.41, 5.74) is -0.337. The Labute approximate surface area is 174 Å². The molecule has 7 nitrogen and oxygen atoms in total. The number of rotatable bonds is 6. The number of methoxy groups -OCH3 is 1. The molecule has 2 aromatic rings. The maximum Gasteiger partial charge on any atom is 0.259 e. The first kappa shape index (κ1) is 23.1. The molecule has 0 aromatic heterocycles. The zero-order valence-electron chi connectivity index (χ0n) is 15.5. The molecule has 0 saturated carbocycles. The third kappa shape index (κ3) is 5.44. The fourth-order valence-electron chi connectivity index (χ4n) is 2.85. The lowest BCUT2D eigenvalue weighted by Crippen LogP contribution is -2.36. The molecule has 0 bridgehead atoms. The maximum absolute atomic E-state index is 13.8. The number of ether oxygens (including phenoxy) is 1. The van der Waals surface area contributed by atoms with E-state index < -0.39 is 27.6 Å². The number of nitrogens with one attached hydrogen (secondary N) is 3. The quantitative estimate of drug-likeness (QED) is 0.632. The van der Waals surface area contributed by atoms with Crippen LogP contribution in [0, 0.1) is 11.6 Å². The highest BCUT2D eigenvalue weighted by molar-refractivity contribution is 7.89. The third-order valence-corrected chi connectivity index (χ3v) is 5.81. The summed E-state index contributed by atoms with van der Waals surface area (Å²) < 4.78 is 59.7. The SMILES string of the molecule is COc1ccc(S(=O)(=O)N[C@H]2CCNC2)cc1C(=O)Nc1ccc(F)cc1F.S. The Morgan fingerprint density at radius 1 is 1.21 bits per heavy atom. The van der Waals surface area contributed by atoms with Crippen LogP contribution in [0.15, 0.2) is 41.3 Å². The molecule has 0 radical (unpaired) electrons. The van der Waals surface area contributed by atoms with Gasteiger partial charge in [-0.2, -0.15) is 13.5 Å². The van der Waals surface area contributed by atoms with Crippen molar-refractivity contribution in [2.45, 2.75) is 17.4 Å². The first-order valence-corrected chi connectivity index (χ1v) is 9.96. The summed E-state index contributed by atoms with van der Waals surface area (Å²) >= 11 is 0. The van der Waals surface area contributed by atoms with E-state index >= 15 is 0 Å². The number of amides is 1. The second-order valence-electron chi connectivity index (χ2n) is 6.25. The van der Waals surface area contributed by atoms with Crippen molar-refractivity contribution in [3.63, 3.8) is 0 Å². The Morgan fingerprint density at radius 2 is 1.97 bits per heavy atom. The number of carbonyl (C=O) groups excluding carboxylic acids is 1. The molecule has 11 heteroatoms. The number of hydrogen-bond acceptors (Lipinski definition) is 5. The van der Waals surface area contributed by atoms with Gasteiger partial charge in [0.15, 0.2) is 0 Å². The maximum atomic E-state index is 13.8. The van der Waals surface area contributed by atoms with Crippen molar-refractivity contribution in [2.75, 3.05) is 25.5 Å². The molecule has 1 saturated heterocycles. The average Bonchev–Trinajstić information content (AvgIpc) is 3.15. The van der Waals surface area contributed by atoms with Gasteiger partial charge in [-0.05, 0) is 43.3 Å². The van der Waals surface area contributed by atoms with Crippen LogP contribution in [0.2, 0.25) is 0 Å². The zero-order valence-corrected chi connectivity index (χ0v) is 17.3. The van der Waals surface area contributed by atoms with E-state index in [9.17, 15) is 22.0 Å². The minimum absolute atomic E-state index is 0. The van der Waals surface area contributed by atoms with Crippen molar-refractivity contribution in [1.82, 2.24) is 10.0 Å². The van der Waals surface area contributed by atoms with E-state index in [1.165, 1.54) is 19.2 Å². The number of halogens is 2. The van der Waals surface area contributed by atoms with Gasteiger partial charge in [0, 0.05) is 18.7 Å². The van der Waals surface area contributed by atoms with E-state index in [2.05, 4.69) is 15.4 Å². The van der Waals surface area contributed by atoms with Crippen LogP contribution in [-0.4, -0.2) is 40.6 Å². The highest BCUT2D eigenvalue weighted by Crippen LogP contribution is 2.25. The summed E-state index contributed by atoms with van der Waals surface area (Å²) in [6, 6.07) is 6.28. The standard InChI is InChI=1S/C18H19F2N3O4S.H2S/c1-27-17-5-3-13(28(25,26)23-12-6-7-21-10-12)9-14(17)18(24)22-16-4-2-11(19)8-15(16)20;/h2-5,8-9,12,21,23H,6-7,10H2,1H3,(H,22,24);1H2/t12-;/m0./s1. The minimum Gasteiger partial charge on any atom is -0.496 e. The van der Waals surface area contributed by atoms with E-state index in [4.69, 9.17) is 4.74 Å². The van der Waals surface area contributed by atoms with Crippen LogP contribution in [0.3, 0.4) is 0 Å². The lowest BCUT2D eigenvalue weighted by molar-refractivity contribution is 0.102. The second kappa shape index (κ2) is 9.53. The molecular formula is C18H21F2N3O4S2. The van der Waals surface area contributed by atoms with Crippen molar-refractivity contribution in [2.24, 2.45) is 0 Å². The molecule has 0 unspecified atom stereocenters. The molecule has 3 N–H and O–H groups in total. The van der Waals surface area contributed by atoms with Gasteiger partial charge in [0.1, 0.15) is 17.4 Å². The normalized spacial score (nSPS) is 16.2. The monoisotopic (exact) mass is 445 g/mol. The average molecular weight is 446 g/mol. The zero-order chi connectivity index (χ0) is 20.3. The first-order chi connectivity index (χ1) is 13.3. The van der Waals surface area contributed by atoms with Crippen molar-refractivity contribution in [3.8, 4) is 5.75 Å². The molecule has 29 heavy (non-hydrogen) atoms. The Morgan fingerprint density at radius 3 is 2.59 bits per heavy atom. The summed E-state index contributed by atoms with van der Waals surface area (Å²) in [5.74, 6) is -2.41. The Hall–Kier alpha value is -2.21. The molecule has 1 heterocycles. The molecule has 1 atom stereocenters. The van der Waals surface area contributed by atoms with Gasteiger partial charge < -0.3 is 15.4 Å².